The number of benzene rings is 3. The minimum absolute atomic E-state index is 0.141. The molecule has 0 aromatic heterocycles. The Morgan fingerprint density at radius 3 is 1.10 bits per heavy atom. The van der Waals surface area contributed by atoms with Crippen molar-refractivity contribution in [3.8, 4) is 17.2 Å². The molecular formula is C46H64O3. The standard InChI is InChI=1S/C46H64O3/c1-5-31-24-44(47)40(34-17-11-8-12-18-34)27-37(31)30(4)23-43(38-28-41(35-19-13-9-14-20-35)45(48)25-32(38)6-2)39-29-42(36-21-15-10-16-22-36)46(49)26-33(39)7-3/h24-30,34-36,43,47-49H,5-23H2,1-4H3. The molecule has 1 unspecified atom stereocenters. The van der Waals surface area contributed by atoms with Gasteiger partial charge in [-0.3, -0.25) is 0 Å². The van der Waals surface area contributed by atoms with Crippen LogP contribution in [0.4, 0.5) is 0 Å². The van der Waals surface area contributed by atoms with Crippen LogP contribution in [0.15, 0.2) is 36.4 Å². The summed E-state index contributed by atoms with van der Waals surface area (Å²) in [7, 11) is 0. The summed E-state index contributed by atoms with van der Waals surface area (Å²) in [5, 5.41) is 34.2. The van der Waals surface area contributed by atoms with Crippen molar-refractivity contribution in [1.82, 2.24) is 0 Å². The van der Waals surface area contributed by atoms with Gasteiger partial charge < -0.3 is 15.3 Å². The van der Waals surface area contributed by atoms with Crippen LogP contribution in [0, 0.1) is 0 Å². The molecule has 3 N–H and O–H groups in total. The van der Waals surface area contributed by atoms with Gasteiger partial charge in [0.1, 0.15) is 17.2 Å². The molecule has 3 aliphatic rings. The third kappa shape index (κ3) is 7.87. The lowest BCUT2D eigenvalue weighted by Crippen LogP contribution is -2.15. The van der Waals surface area contributed by atoms with Crippen LogP contribution >= 0.6 is 0 Å². The molecule has 0 aliphatic heterocycles. The average Bonchev–Trinajstić information content (AvgIpc) is 3.14. The molecule has 0 heterocycles. The molecule has 3 aromatic rings. The zero-order chi connectivity index (χ0) is 34.5. The molecule has 3 aromatic carbocycles. The summed E-state index contributed by atoms with van der Waals surface area (Å²) in [5.74, 6) is 3.15. The van der Waals surface area contributed by atoms with E-state index in [2.05, 4.69) is 64.1 Å². The second-order valence-corrected chi connectivity index (χ2v) is 16.1. The quantitative estimate of drug-likeness (QED) is 0.191. The van der Waals surface area contributed by atoms with Crippen LogP contribution in [0.25, 0.3) is 0 Å². The third-order valence-corrected chi connectivity index (χ3v) is 13.0. The van der Waals surface area contributed by atoms with Crippen molar-refractivity contribution < 1.29 is 15.3 Å². The Bertz CT molecular complexity index is 1480. The van der Waals surface area contributed by atoms with Crippen LogP contribution < -0.4 is 0 Å². The molecule has 3 heteroatoms. The first-order valence-corrected chi connectivity index (χ1v) is 20.4. The van der Waals surface area contributed by atoms with E-state index in [-0.39, 0.29) is 11.8 Å². The van der Waals surface area contributed by atoms with E-state index in [1.54, 1.807) is 0 Å². The summed E-state index contributed by atoms with van der Waals surface area (Å²) < 4.78 is 0. The minimum atomic E-state index is 0.141. The van der Waals surface area contributed by atoms with Crippen molar-refractivity contribution in [3.05, 3.63) is 86.5 Å². The monoisotopic (exact) mass is 664 g/mol. The number of aromatic hydroxyl groups is 3. The van der Waals surface area contributed by atoms with Crippen molar-refractivity contribution in [3.63, 3.8) is 0 Å². The first-order chi connectivity index (χ1) is 23.8. The zero-order valence-electron chi connectivity index (χ0n) is 31.1. The van der Waals surface area contributed by atoms with E-state index in [0.717, 1.165) is 68.1 Å². The molecule has 266 valence electrons. The van der Waals surface area contributed by atoms with Crippen LogP contribution in [0.1, 0.15) is 210 Å². The smallest absolute Gasteiger partial charge is 0.119 e. The van der Waals surface area contributed by atoms with E-state index in [0.29, 0.717) is 35.0 Å². The number of rotatable bonds is 11. The van der Waals surface area contributed by atoms with Gasteiger partial charge in [0, 0.05) is 5.92 Å². The van der Waals surface area contributed by atoms with Gasteiger partial charge >= 0.3 is 0 Å². The first-order valence-electron chi connectivity index (χ1n) is 20.4. The maximum Gasteiger partial charge on any atom is 0.119 e. The van der Waals surface area contributed by atoms with Crippen molar-refractivity contribution >= 4 is 0 Å². The highest BCUT2D eigenvalue weighted by atomic mass is 16.3. The Hall–Kier alpha value is -2.94. The van der Waals surface area contributed by atoms with Gasteiger partial charge in [-0.1, -0.05) is 104 Å². The molecule has 3 aliphatic carbocycles. The van der Waals surface area contributed by atoms with E-state index < -0.39 is 0 Å². The molecule has 0 spiro atoms. The lowest BCUT2D eigenvalue weighted by molar-refractivity contribution is 0.412. The van der Waals surface area contributed by atoms with Gasteiger partial charge in [0.25, 0.3) is 0 Å². The summed E-state index contributed by atoms with van der Waals surface area (Å²) in [6.07, 6.45) is 21.9. The molecule has 1 atom stereocenters. The summed E-state index contributed by atoms with van der Waals surface area (Å²) in [6, 6.07) is 13.5. The van der Waals surface area contributed by atoms with Crippen LogP contribution in [0.2, 0.25) is 0 Å². The predicted octanol–water partition coefficient (Wildman–Crippen LogP) is 13.0. The number of phenols is 3. The first kappa shape index (κ1) is 35.9. The largest absolute Gasteiger partial charge is 0.508 e. The SMILES string of the molecule is CCc1cc(O)c(C2CCCCC2)cc1C(C)CC(c1cc(C2CCCCC2)c(O)cc1CC)c1cc(C2CCCCC2)c(O)cc1CC. The maximum atomic E-state index is 11.5. The van der Waals surface area contributed by atoms with Gasteiger partial charge in [-0.25, -0.2) is 0 Å². The van der Waals surface area contributed by atoms with Crippen LogP contribution in [-0.2, 0) is 19.3 Å². The fraction of sp³-hybridized carbons (Fsp3) is 0.609. The zero-order valence-corrected chi connectivity index (χ0v) is 31.1. The summed E-state index contributed by atoms with van der Waals surface area (Å²) in [5.41, 5.74) is 11.3. The Balaban J connectivity index is 1.49. The van der Waals surface area contributed by atoms with Crippen LogP contribution in [0.5, 0.6) is 17.2 Å². The normalized spacial score (nSPS) is 19.0. The van der Waals surface area contributed by atoms with E-state index in [1.807, 2.05) is 0 Å². The van der Waals surface area contributed by atoms with Crippen molar-refractivity contribution in [2.75, 3.05) is 0 Å². The lowest BCUT2D eigenvalue weighted by atomic mass is 9.73. The van der Waals surface area contributed by atoms with Crippen LogP contribution in [-0.4, -0.2) is 15.3 Å². The minimum Gasteiger partial charge on any atom is -0.508 e. The predicted molar refractivity (Wildman–Crippen MR) is 205 cm³/mol. The van der Waals surface area contributed by atoms with Gasteiger partial charge in [0.2, 0.25) is 0 Å². The molecular weight excluding hydrogens is 601 g/mol. The fourth-order valence-corrected chi connectivity index (χ4v) is 10.1. The van der Waals surface area contributed by atoms with Crippen molar-refractivity contribution in [2.24, 2.45) is 0 Å². The number of phenolic OH excluding ortho intramolecular Hbond substituents is 3. The van der Waals surface area contributed by atoms with E-state index in [1.165, 1.54) is 104 Å². The molecule has 3 saturated carbocycles. The Labute approximate surface area is 297 Å². The Morgan fingerprint density at radius 2 is 0.776 bits per heavy atom. The maximum absolute atomic E-state index is 11.5. The molecule has 0 bridgehead atoms. The van der Waals surface area contributed by atoms with E-state index >= 15 is 0 Å². The van der Waals surface area contributed by atoms with Gasteiger partial charge in [-0.15, -0.1) is 0 Å². The second kappa shape index (κ2) is 16.4. The Kier molecular flexibility index (Phi) is 12.0. The van der Waals surface area contributed by atoms with Crippen molar-refractivity contribution in [2.45, 2.75) is 179 Å². The van der Waals surface area contributed by atoms with Gasteiger partial charge in [0.15, 0.2) is 0 Å². The summed E-state index contributed by atoms with van der Waals surface area (Å²) in [4.78, 5) is 0. The topological polar surface area (TPSA) is 60.7 Å². The van der Waals surface area contributed by atoms with Gasteiger partial charge in [-0.05, 0) is 156 Å². The van der Waals surface area contributed by atoms with E-state index in [9.17, 15) is 15.3 Å². The highest BCUT2D eigenvalue weighted by Crippen LogP contribution is 2.48. The fourth-order valence-electron chi connectivity index (χ4n) is 10.1. The van der Waals surface area contributed by atoms with Crippen LogP contribution in [0.3, 0.4) is 0 Å². The number of aryl methyl sites for hydroxylation is 3. The number of hydrogen-bond donors (Lipinski definition) is 3. The van der Waals surface area contributed by atoms with E-state index in [4.69, 9.17) is 0 Å². The lowest BCUT2D eigenvalue weighted by Gasteiger charge is -2.32. The molecule has 0 amide bonds. The average molecular weight is 665 g/mol. The highest BCUT2D eigenvalue weighted by molar-refractivity contribution is 5.53. The molecule has 49 heavy (non-hydrogen) atoms. The number of hydrogen-bond acceptors (Lipinski definition) is 3. The second-order valence-electron chi connectivity index (χ2n) is 16.1. The summed E-state index contributed by atoms with van der Waals surface area (Å²) in [6.45, 7) is 9.09. The summed E-state index contributed by atoms with van der Waals surface area (Å²) >= 11 is 0. The van der Waals surface area contributed by atoms with Gasteiger partial charge in [0.05, 0.1) is 0 Å². The third-order valence-electron chi connectivity index (χ3n) is 13.0. The van der Waals surface area contributed by atoms with Gasteiger partial charge in [-0.2, -0.15) is 0 Å². The highest BCUT2D eigenvalue weighted by Gasteiger charge is 2.30. The molecule has 6 rings (SSSR count). The molecule has 0 saturated heterocycles. The molecule has 3 fully saturated rings. The van der Waals surface area contributed by atoms with Crippen molar-refractivity contribution in [1.29, 1.82) is 0 Å². The molecule has 3 nitrogen and oxygen atoms in total. The molecule has 0 radical (unpaired) electrons. The Morgan fingerprint density at radius 1 is 0.469 bits per heavy atom.